The summed E-state index contributed by atoms with van der Waals surface area (Å²) in [6.45, 7) is 5.12. The molecule has 35 heavy (non-hydrogen) atoms. The highest BCUT2D eigenvalue weighted by molar-refractivity contribution is 5.94. The minimum absolute atomic E-state index is 0.0794. The summed E-state index contributed by atoms with van der Waals surface area (Å²) in [5.74, 6) is 1.02. The summed E-state index contributed by atoms with van der Waals surface area (Å²) in [5.41, 5.74) is 0.217. The number of rotatable bonds is 4. The number of H-pyrrole nitrogens is 1. The smallest absolute Gasteiger partial charge is 0.380 e. The van der Waals surface area contributed by atoms with Crippen molar-refractivity contribution in [3.8, 4) is 11.3 Å². The Morgan fingerprint density at radius 3 is 2.66 bits per heavy atom. The molecule has 6 rings (SSSR count). The molecule has 3 aromatic rings. The predicted octanol–water partition coefficient (Wildman–Crippen LogP) is 3.82. The van der Waals surface area contributed by atoms with Gasteiger partial charge in [-0.1, -0.05) is 0 Å². The second kappa shape index (κ2) is 8.63. The average molecular weight is 488 g/mol. The Bertz CT molecular complexity index is 1210. The Balaban J connectivity index is 1.30. The molecule has 8 nitrogen and oxygen atoms in total. The monoisotopic (exact) mass is 487 g/mol. The number of fused-ring (bicyclic) bond motifs is 1. The molecule has 0 radical (unpaired) electrons. The molecule has 0 amide bonds. The fourth-order valence-electron chi connectivity index (χ4n) is 5.28. The van der Waals surface area contributed by atoms with Crippen molar-refractivity contribution in [1.29, 1.82) is 0 Å². The van der Waals surface area contributed by atoms with Crippen LogP contribution in [0, 0.1) is 5.41 Å². The second-order valence-electron chi connectivity index (χ2n) is 9.89. The van der Waals surface area contributed by atoms with Crippen molar-refractivity contribution in [2.45, 2.75) is 37.9 Å². The maximum atomic E-state index is 13.9. The molecular formula is C24H28F3N7O. The number of pyridine rings is 1. The van der Waals surface area contributed by atoms with Crippen LogP contribution in [0.2, 0.25) is 0 Å². The van der Waals surface area contributed by atoms with Crippen molar-refractivity contribution in [1.82, 2.24) is 25.3 Å². The van der Waals surface area contributed by atoms with E-state index in [1.807, 2.05) is 12.1 Å². The topological polar surface area (TPSA) is 91.0 Å². The molecule has 3 N–H and O–H groups in total. The number of aromatic amines is 1. The minimum Gasteiger partial charge on any atom is -0.380 e. The lowest BCUT2D eigenvalue weighted by Gasteiger charge is -2.47. The highest BCUT2D eigenvalue weighted by Crippen LogP contribution is 2.41. The van der Waals surface area contributed by atoms with Crippen molar-refractivity contribution in [2.75, 3.05) is 49.6 Å². The normalized spacial score (nSPS) is 22.4. The van der Waals surface area contributed by atoms with Gasteiger partial charge in [0.1, 0.15) is 17.0 Å². The van der Waals surface area contributed by atoms with Gasteiger partial charge in [0.2, 0.25) is 5.95 Å². The average Bonchev–Trinajstić information content (AvgIpc) is 3.26. The predicted molar refractivity (Wildman–Crippen MR) is 126 cm³/mol. The molecule has 0 bridgehead atoms. The van der Waals surface area contributed by atoms with Crippen molar-refractivity contribution in [3.63, 3.8) is 0 Å². The van der Waals surface area contributed by atoms with Gasteiger partial charge in [-0.3, -0.25) is 0 Å². The number of aromatic nitrogens is 4. The summed E-state index contributed by atoms with van der Waals surface area (Å²) in [6, 6.07) is 3.80. The SMILES string of the molecule is FC(F)(F)c1cnc(N[C@H]2CCCNC2)nc1-c1c[nH]c2nc(N3CCC4(CC3)COC4)ccc12. The van der Waals surface area contributed by atoms with Crippen LogP contribution in [0.3, 0.4) is 0 Å². The summed E-state index contributed by atoms with van der Waals surface area (Å²) in [6.07, 6.45) is 1.88. The number of nitrogens with one attached hydrogen (secondary N) is 3. The summed E-state index contributed by atoms with van der Waals surface area (Å²) in [5, 5.41) is 7.06. The maximum absolute atomic E-state index is 13.9. The van der Waals surface area contributed by atoms with E-state index < -0.39 is 11.7 Å². The molecule has 3 aliphatic rings. The van der Waals surface area contributed by atoms with Crippen LogP contribution < -0.4 is 15.5 Å². The first-order chi connectivity index (χ1) is 16.9. The highest BCUT2D eigenvalue weighted by atomic mass is 19.4. The van der Waals surface area contributed by atoms with Gasteiger partial charge in [0.15, 0.2) is 0 Å². The van der Waals surface area contributed by atoms with E-state index in [4.69, 9.17) is 9.72 Å². The minimum atomic E-state index is -4.58. The molecule has 1 atom stereocenters. The highest BCUT2D eigenvalue weighted by Gasteiger charge is 2.41. The van der Waals surface area contributed by atoms with Crippen molar-refractivity contribution in [2.24, 2.45) is 5.41 Å². The lowest BCUT2D eigenvalue weighted by molar-refractivity contribution is -0.137. The third kappa shape index (κ3) is 4.31. The van der Waals surface area contributed by atoms with Crippen molar-refractivity contribution < 1.29 is 17.9 Å². The molecule has 6 heterocycles. The first-order valence-corrected chi connectivity index (χ1v) is 12.1. The molecule has 11 heteroatoms. The van der Waals surface area contributed by atoms with E-state index in [0.29, 0.717) is 22.0 Å². The van der Waals surface area contributed by atoms with Crippen LogP contribution >= 0.6 is 0 Å². The van der Waals surface area contributed by atoms with E-state index in [1.165, 1.54) is 0 Å². The van der Waals surface area contributed by atoms with Crippen LogP contribution in [-0.2, 0) is 10.9 Å². The summed E-state index contributed by atoms with van der Waals surface area (Å²) in [7, 11) is 0. The number of halogens is 3. The largest absolute Gasteiger partial charge is 0.419 e. The van der Waals surface area contributed by atoms with E-state index in [9.17, 15) is 13.2 Å². The first kappa shape index (κ1) is 22.5. The lowest BCUT2D eigenvalue weighted by Crippen LogP contribution is -2.51. The van der Waals surface area contributed by atoms with Crippen LogP contribution in [-0.4, -0.2) is 65.4 Å². The Morgan fingerprint density at radius 1 is 1.14 bits per heavy atom. The van der Waals surface area contributed by atoms with E-state index >= 15 is 0 Å². The van der Waals surface area contributed by atoms with E-state index in [0.717, 1.165) is 77.1 Å². The summed E-state index contributed by atoms with van der Waals surface area (Å²) in [4.78, 5) is 18.3. The van der Waals surface area contributed by atoms with Crippen LogP contribution in [0.25, 0.3) is 22.3 Å². The van der Waals surface area contributed by atoms with Crippen LogP contribution in [0.15, 0.2) is 24.5 Å². The summed E-state index contributed by atoms with van der Waals surface area (Å²) >= 11 is 0. The van der Waals surface area contributed by atoms with Gasteiger partial charge in [-0.2, -0.15) is 13.2 Å². The zero-order valence-electron chi connectivity index (χ0n) is 19.3. The zero-order valence-corrected chi connectivity index (χ0v) is 19.3. The van der Waals surface area contributed by atoms with Crippen LogP contribution in [0.5, 0.6) is 0 Å². The fourth-order valence-corrected chi connectivity index (χ4v) is 5.28. The number of hydrogen-bond acceptors (Lipinski definition) is 7. The number of anilines is 2. The van der Waals surface area contributed by atoms with Gasteiger partial charge in [0.05, 0.1) is 18.9 Å². The quantitative estimate of drug-likeness (QED) is 0.515. The van der Waals surface area contributed by atoms with Gasteiger partial charge in [0.25, 0.3) is 0 Å². The van der Waals surface area contributed by atoms with Gasteiger partial charge in [0, 0.05) is 54.4 Å². The fraction of sp³-hybridized carbons (Fsp3) is 0.542. The van der Waals surface area contributed by atoms with Crippen molar-refractivity contribution in [3.05, 3.63) is 30.1 Å². The molecular weight excluding hydrogens is 459 g/mol. The molecule has 0 unspecified atom stereocenters. The number of alkyl halides is 3. The van der Waals surface area contributed by atoms with E-state index in [2.05, 4.69) is 30.5 Å². The Kier molecular flexibility index (Phi) is 5.56. The van der Waals surface area contributed by atoms with Gasteiger partial charge in [-0.15, -0.1) is 0 Å². The molecule has 3 aliphatic heterocycles. The zero-order chi connectivity index (χ0) is 24.0. The summed E-state index contributed by atoms with van der Waals surface area (Å²) < 4.78 is 47.1. The molecule has 0 saturated carbocycles. The van der Waals surface area contributed by atoms with E-state index in [1.54, 1.807) is 6.20 Å². The molecule has 1 spiro atoms. The third-order valence-electron chi connectivity index (χ3n) is 7.47. The molecule has 0 aromatic carbocycles. The van der Waals surface area contributed by atoms with Crippen LogP contribution in [0.4, 0.5) is 24.9 Å². The standard InChI is InChI=1S/C24H28F3N7O/c25-24(26,27)18-12-30-22(31-15-2-1-7-28-10-15)33-20(18)17-11-29-21-16(17)3-4-19(32-21)34-8-5-23(6-9-34)13-35-14-23/h3-4,11-12,15,28H,1-2,5-10,13-14H2,(H,29,32)(H,30,31,33)/t15-/m0/s1. The lowest BCUT2D eigenvalue weighted by atomic mass is 9.77. The first-order valence-electron chi connectivity index (χ1n) is 12.1. The third-order valence-corrected chi connectivity index (χ3v) is 7.47. The van der Waals surface area contributed by atoms with Gasteiger partial charge in [-0.05, 0) is 44.4 Å². The molecule has 0 aliphatic carbocycles. The number of piperidine rings is 2. The Morgan fingerprint density at radius 2 is 1.97 bits per heavy atom. The molecule has 3 saturated heterocycles. The number of nitrogens with zero attached hydrogens (tertiary/aromatic N) is 4. The van der Waals surface area contributed by atoms with Gasteiger partial charge in [-0.25, -0.2) is 15.0 Å². The maximum Gasteiger partial charge on any atom is 0.419 e. The molecule has 186 valence electrons. The number of hydrogen-bond donors (Lipinski definition) is 3. The Hall–Kier alpha value is -2.92. The van der Waals surface area contributed by atoms with Crippen molar-refractivity contribution >= 4 is 22.8 Å². The van der Waals surface area contributed by atoms with E-state index in [-0.39, 0.29) is 17.7 Å². The van der Waals surface area contributed by atoms with Gasteiger partial charge >= 0.3 is 6.18 Å². The Labute approximate surface area is 200 Å². The van der Waals surface area contributed by atoms with Crippen LogP contribution in [0.1, 0.15) is 31.2 Å². The number of ether oxygens (including phenoxy) is 1. The second-order valence-corrected chi connectivity index (χ2v) is 9.89. The molecule has 3 fully saturated rings. The van der Waals surface area contributed by atoms with Gasteiger partial charge < -0.3 is 25.3 Å². The molecule has 3 aromatic heterocycles.